The number of hydrogen-bond acceptors (Lipinski definition) is 3. The van der Waals surface area contributed by atoms with Gasteiger partial charge in [-0.05, 0) is 12.0 Å². The van der Waals surface area contributed by atoms with Crippen molar-refractivity contribution in [1.29, 1.82) is 5.26 Å². The van der Waals surface area contributed by atoms with Crippen molar-refractivity contribution in [3.63, 3.8) is 0 Å². The van der Waals surface area contributed by atoms with Crippen molar-refractivity contribution in [2.24, 2.45) is 5.92 Å². The molecule has 2 aromatic rings. The third-order valence-corrected chi connectivity index (χ3v) is 2.74. The van der Waals surface area contributed by atoms with Crippen LogP contribution in [0.5, 0.6) is 0 Å². The maximum atomic E-state index is 11.9. The zero-order valence-corrected chi connectivity index (χ0v) is 10.3. The maximum absolute atomic E-state index is 11.9. The van der Waals surface area contributed by atoms with Gasteiger partial charge in [-0.2, -0.15) is 5.26 Å². The molecule has 5 heteroatoms. The molecule has 96 valence electrons. The Hall–Kier alpha value is -2.61. The summed E-state index contributed by atoms with van der Waals surface area (Å²) < 4.78 is 0. The van der Waals surface area contributed by atoms with E-state index in [2.05, 4.69) is 15.3 Å². The van der Waals surface area contributed by atoms with Crippen LogP contribution in [-0.2, 0) is 17.8 Å². The second-order valence-electron chi connectivity index (χ2n) is 4.13. The van der Waals surface area contributed by atoms with Crippen LogP contribution in [0, 0.1) is 17.2 Å². The third kappa shape index (κ3) is 3.68. The number of rotatable bonds is 5. The quantitative estimate of drug-likeness (QED) is 0.846. The Kier molecular flexibility index (Phi) is 4.29. The van der Waals surface area contributed by atoms with Crippen molar-refractivity contribution in [1.82, 2.24) is 15.3 Å². The Bertz CT molecular complexity index is 557. The molecule has 0 saturated carbocycles. The fourth-order valence-corrected chi connectivity index (χ4v) is 1.74. The lowest BCUT2D eigenvalue weighted by Crippen LogP contribution is -2.31. The van der Waals surface area contributed by atoms with E-state index in [9.17, 15) is 4.79 Å². The van der Waals surface area contributed by atoms with Gasteiger partial charge in [-0.25, -0.2) is 4.98 Å². The minimum Gasteiger partial charge on any atom is -0.348 e. The monoisotopic (exact) mass is 254 g/mol. The number of nitrogens with one attached hydrogen (secondary N) is 2. The average molecular weight is 254 g/mol. The smallest absolute Gasteiger partial charge is 0.238 e. The molecule has 0 aliphatic heterocycles. The van der Waals surface area contributed by atoms with Gasteiger partial charge in [0.15, 0.2) is 0 Å². The van der Waals surface area contributed by atoms with Crippen LogP contribution in [0.2, 0.25) is 0 Å². The lowest BCUT2D eigenvalue weighted by Gasteiger charge is -2.09. The van der Waals surface area contributed by atoms with Crippen molar-refractivity contribution in [2.75, 3.05) is 0 Å². The standard InChI is InChI=1S/C14H14N4O/c15-9-12(8-11-4-2-1-3-5-11)14(19)18-10-13-16-6-7-17-13/h1-7,12H,8,10H2,(H,16,17)(H,18,19). The summed E-state index contributed by atoms with van der Waals surface area (Å²) >= 11 is 0. The summed E-state index contributed by atoms with van der Waals surface area (Å²) in [7, 11) is 0. The number of benzene rings is 1. The highest BCUT2D eigenvalue weighted by atomic mass is 16.1. The van der Waals surface area contributed by atoms with E-state index in [0.717, 1.165) is 5.56 Å². The Morgan fingerprint density at radius 3 is 2.84 bits per heavy atom. The molecule has 1 aromatic heterocycles. The minimum atomic E-state index is -0.683. The molecule has 1 heterocycles. The number of imidazole rings is 1. The Morgan fingerprint density at radius 1 is 1.42 bits per heavy atom. The lowest BCUT2D eigenvalue weighted by molar-refractivity contribution is -0.123. The normalized spacial score (nSPS) is 11.5. The van der Waals surface area contributed by atoms with Gasteiger partial charge < -0.3 is 10.3 Å². The molecule has 0 spiro atoms. The fourth-order valence-electron chi connectivity index (χ4n) is 1.74. The number of hydrogen-bond donors (Lipinski definition) is 2. The predicted octanol–water partition coefficient (Wildman–Crippen LogP) is 1.41. The molecule has 1 unspecified atom stereocenters. The molecule has 2 N–H and O–H groups in total. The Labute approximate surface area is 111 Å². The Morgan fingerprint density at radius 2 is 2.21 bits per heavy atom. The van der Waals surface area contributed by atoms with E-state index in [1.54, 1.807) is 12.4 Å². The molecule has 0 aliphatic carbocycles. The van der Waals surface area contributed by atoms with Gasteiger partial charge in [-0.1, -0.05) is 30.3 Å². The van der Waals surface area contributed by atoms with Crippen LogP contribution in [0.3, 0.4) is 0 Å². The number of H-pyrrole nitrogens is 1. The fraction of sp³-hybridized carbons (Fsp3) is 0.214. The van der Waals surface area contributed by atoms with Gasteiger partial charge in [-0.15, -0.1) is 0 Å². The van der Waals surface area contributed by atoms with Gasteiger partial charge in [0.1, 0.15) is 11.7 Å². The van der Waals surface area contributed by atoms with Crippen molar-refractivity contribution in [3.8, 4) is 6.07 Å². The highest BCUT2D eigenvalue weighted by Crippen LogP contribution is 2.08. The summed E-state index contributed by atoms with van der Waals surface area (Å²) in [6, 6.07) is 11.5. The molecule has 0 saturated heterocycles. The second kappa shape index (κ2) is 6.36. The molecule has 19 heavy (non-hydrogen) atoms. The number of nitriles is 1. The van der Waals surface area contributed by atoms with Gasteiger partial charge in [0.25, 0.3) is 0 Å². The van der Waals surface area contributed by atoms with Gasteiger partial charge in [-0.3, -0.25) is 4.79 Å². The number of amides is 1. The predicted molar refractivity (Wildman–Crippen MR) is 69.7 cm³/mol. The van der Waals surface area contributed by atoms with Crippen molar-refractivity contribution >= 4 is 5.91 Å². The first-order valence-corrected chi connectivity index (χ1v) is 5.99. The number of nitrogens with zero attached hydrogens (tertiary/aromatic N) is 2. The van der Waals surface area contributed by atoms with E-state index in [0.29, 0.717) is 18.8 Å². The SMILES string of the molecule is N#CC(Cc1ccccc1)C(=O)NCc1ncc[nH]1. The van der Waals surface area contributed by atoms with E-state index < -0.39 is 5.92 Å². The van der Waals surface area contributed by atoms with Crippen LogP contribution in [-0.4, -0.2) is 15.9 Å². The van der Waals surface area contributed by atoms with Crippen LogP contribution >= 0.6 is 0 Å². The molecular weight excluding hydrogens is 240 g/mol. The number of aromatic amines is 1. The molecule has 1 aromatic carbocycles. The van der Waals surface area contributed by atoms with Crippen molar-refractivity contribution < 1.29 is 4.79 Å². The summed E-state index contributed by atoms with van der Waals surface area (Å²) in [5.41, 5.74) is 0.974. The van der Waals surface area contributed by atoms with Crippen molar-refractivity contribution in [2.45, 2.75) is 13.0 Å². The molecule has 0 radical (unpaired) electrons. The lowest BCUT2D eigenvalue weighted by atomic mass is 10.00. The molecule has 0 bridgehead atoms. The molecular formula is C14H14N4O. The number of carbonyl (C=O) groups excluding carboxylic acids is 1. The Balaban J connectivity index is 1.90. The van der Waals surface area contributed by atoms with E-state index in [1.165, 1.54) is 0 Å². The second-order valence-corrected chi connectivity index (χ2v) is 4.13. The van der Waals surface area contributed by atoms with Crippen LogP contribution in [0.1, 0.15) is 11.4 Å². The summed E-state index contributed by atoms with van der Waals surface area (Å²) in [6.45, 7) is 0.304. The van der Waals surface area contributed by atoms with Gasteiger partial charge in [0.2, 0.25) is 5.91 Å². The summed E-state index contributed by atoms with van der Waals surface area (Å²) in [5, 5.41) is 11.8. The highest BCUT2D eigenvalue weighted by Gasteiger charge is 2.18. The molecule has 1 atom stereocenters. The van der Waals surface area contributed by atoms with Crippen molar-refractivity contribution in [3.05, 3.63) is 54.1 Å². The first kappa shape index (κ1) is 12.8. The molecule has 0 aliphatic rings. The van der Waals surface area contributed by atoms with Crippen LogP contribution in [0.25, 0.3) is 0 Å². The summed E-state index contributed by atoms with van der Waals surface area (Å²) in [5.74, 6) is -0.287. The van der Waals surface area contributed by atoms with Crippen LogP contribution < -0.4 is 5.32 Å². The topological polar surface area (TPSA) is 81.6 Å². The largest absolute Gasteiger partial charge is 0.348 e. The van der Waals surface area contributed by atoms with E-state index in [4.69, 9.17) is 5.26 Å². The summed E-state index contributed by atoms with van der Waals surface area (Å²) in [4.78, 5) is 18.8. The molecule has 0 fully saturated rings. The zero-order chi connectivity index (χ0) is 13.5. The van der Waals surface area contributed by atoms with Crippen LogP contribution in [0.15, 0.2) is 42.7 Å². The molecule has 5 nitrogen and oxygen atoms in total. The van der Waals surface area contributed by atoms with E-state index >= 15 is 0 Å². The summed E-state index contributed by atoms with van der Waals surface area (Å²) in [6.07, 6.45) is 3.72. The van der Waals surface area contributed by atoms with Crippen LogP contribution in [0.4, 0.5) is 0 Å². The van der Waals surface area contributed by atoms with E-state index in [1.807, 2.05) is 36.4 Å². The van der Waals surface area contributed by atoms with Gasteiger partial charge in [0.05, 0.1) is 12.6 Å². The zero-order valence-electron chi connectivity index (χ0n) is 10.3. The molecule has 2 rings (SSSR count). The molecule has 1 amide bonds. The van der Waals surface area contributed by atoms with E-state index in [-0.39, 0.29) is 5.91 Å². The highest BCUT2D eigenvalue weighted by molar-refractivity contribution is 5.81. The first-order chi connectivity index (χ1) is 9.29. The third-order valence-electron chi connectivity index (χ3n) is 2.74. The minimum absolute atomic E-state index is 0.275. The first-order valence-electron chi connectivity index (χ1n) is 5.99. The number of aromatic nitrogens is 2. The average Bonchev–Trinajstić information content (AvgIpc) is 2.96. The van der Waals surface area contributed by atoms with Gasteiger partial charge >= 0.3 is 0 Å². The number of carbonyl (C=O) groups is 1. The maximum Gasteiger partial charge on any atom is 0.238 e. The van der Waals surface area contributed by atoms with Gasteiger partial charge in [0, 0.05) is 12.4 Å².